The summed E-state index contributed by atoms with van der Waals surface area (Å²) in [5, 5.41) is 0.801. The minimum absolute atomic E-state index is 0.121. The maximum atomic E-state index is 13.5. The molecule has 4 rings (SSSR count). The molecule has 0 radical (unpaired) electrons. The number of carbonyl (C=O) groups is 1. The van der Waals surface area contributed by atoms with Gasteiger partial charge in [0, 0.05) is 26.2 Å². The van der Waals surface area contributed by atoms with Gasteiger partial charge < -0.3 is 4.74 Å². The van der Waals surface area contributed by atoms with Crippen molar-refractivity contribution in [1.29, 1.82) is 0 Å². The zero-order valence-corrected chi connectivity index (χ0v) is 19.5. The molecule has 3 aromatic rings. The molecule has 0 aliphatic carbocycles. The summed E-state index contributed by atoms with van der Waals surface area (Å²) < 4.78 is 6.57. The number of hydrogen-bond acceptors (Lipinski definition) is 5. The second-order valence-corrected chi connectivity index (χ2v) is 9.38. The highest BCUT2D eigenvalue weighted by molar-refractivity contribution is 7.22. The molecular weight excluding hydrogens is 406 g/mol. The molecule has 6 heteroatoms. The lowest BCUT2D eigenvalue weighted by atomic mass is 9.97. The summed E-state index contributed by atoms with van der Waals surface area (Å²) in [5.41, 5.74) is 5.69. The number of fused-ring (bicyclic) bond motifs is 1. The highest BCUT2D eigenvalue weighted by Crippen LogP contribution is 2.29. The predicted octanol–water partition coefficient (Wildman–Crippen LogP) is 4.52. The van der Waals surface area contributed by atoms with E-state index in [2.05, 4.69) is 43.9 Å². The average molecular weight is 438 g/mol. The number of morpholine rings is 1. The van der Waals surface area contributed by atoms with Crippen LogP contribution in [0.2, 0.25) is 0 Å². The van der Waals surface area contributed by atoms with E-state index in [-0.39, 0.29) is 5.91 Å². The summed E-state index contributed by atoms with van der Waals surface area (Å²) in [4.78, 5) is 22.6. The molecule has 0 saturated carbocycles. The molecule has 164 valence electrons. The summed E-state index contributed by atoms with van der Waals surface area (Å²) in [6.07, 6.45) is 1.33. The summed E-state index contributed by atoms with van der Waals surface area (Å²) in [5.74, 6) is 0.121. The number of aromatic nitrogens is 1. The van der Waals surface area contributed by atoms with Crippen LogP contribution in [-0.4, -0.2) is 55.2 Å². The number of thiazole rings is 1. The molecule has 0 bridgehead atoms. The molecule has 31 heavy (non-hydrogen) atoms. The van der Waals surface area contributed by atoms with Crippen LogP contribution in [-0.2, 0) is 16.0 Å². The third-order valence-electron chi connectivity index (χ3n) is 5.94. The lowest BCUT2D eigenvalue weighted by Crippen LogP contribution is -2.39. The van der Waals surface area contributed by atoms with E-state index in [9.17, 15) is 4.79 Å². The van der Waals surface area contributed by atoms with Gasteiger partial charge >= 0.3 is 0 Å². The Balaban J connectivity index is 1.54. The molecule has 5 nitrogen and oxygen atoms in total. The Labute approximate surface area is 188 Å². The molecule has 0 atom stereocenters. The van der Waals surface area contributed by atoms with Crippen molar-refractivity contribution in [1.82, 2.24) is 9.88 Å². The van der Waals surface area contributed by atoms with Crippen LogP contribution in [0.5, 0.6) is 0 Å². The Morgan fingerprint density at radius 2 is 1.84 bits per heavy atom. The Bertz CT molecular complexity index is 1000. The molecule has 1 aliphatic rings. The zero-order valence-electron chi connectivity index (χ0n) is 18.7. The highest BCUT2D eigenvalue weighted by Gasteiger charge is 2.22. The monoisotopic (exact) mass is 437 g/mol. The lowest BCUT2D eigenvalue weighted by Gasteiger charge is -2.28. The third-order valence-corrected chi connectivity index (χ3v) is 7.00. The van der Waals surface area contributed by atoms with Gasteiger partial charge in [-0.1, -0.05) is 41.2 Å². The number of nitrogens with zero attached hydrogens (tertiary/aromatic N) is 3. The van der Waals surface area contributed by atoms with Crippen molar-refractivity contribution in [2.45, 2.75) is 33.6 Å². The van der Waals surface area contributed by atoms with Crippen LogP contribution in [0.4, 0.5) is 5.13 Å². The van der Waals surface area contributed by atoms with Crippen LogP contribution in [0.3, 0.4) is 0 Å². The van der Waals surface area contributed by atoms with Gasteiger partial charge in [0.2, 0.25) is 5.91 Å². The summed E-state index contributed by atoms with van der Waals surface area (Å²) in [6.45, 7) is 11.5. The van der Waals surface area contributed by atoms with E-state index in [0.717, 1.165) is 60.2 Å². The number of para-hydroxylation sites is 1. The number of hydrogen-bond donors (Lipinski definition) is 0. The van der Waals surface area contributed by atoms with Gasteiger partial charge in [0.15, 0.2) is 5.13 Å². The molecule has 2 heterocycles. The van der Waals surface area contributed by atoms with Crippen LogP contribution < -0.4 is 4.90 Å². The predicted molar refractivity (Wildman–Crippen MR) is 128 cm³/mol. The fourth-order valence-electron chi connectivity index (χ4n) is 4.32. The molecular formula is C25H31N3O2S. The fourth-order valence-corrected chi connectivity index (χ4v) is 5.32. The summed E-state index contributed by atoms with van der Waals surface area (Å²) in [6, 6.07) is 12.4. The number of ether oxygens (including phenoxy) is 1. The summed E-state index contributed by atoms with van der Waals surface area (Å²) in [7, 11) is 0. The molecule has 0 spiro atoms. The van der Waals surface area contributed by atoms with Gasteiger partial charge in [-0.25, -0.2) is 4.98 Å². The Hall–Kier alpha value is -2.28. The normalized spacial score (nSPS) is 14.8. The van der Waals surface area contributed by atoms with Crippen molar-refractivity contribution in [3.05, 3.63) is 58.7 Å². The Morgan fingerprint density at radius 1 is 1.13 bits per heavy atom. The molecule has 0 N–H and O–H groups in total. The van der Waals surface area contributed by atoms with E-state index in [1.54, 1.807) is 11.3 Å². The van der Waals surface area contributed by atoms with Crippen molar-refractivity contribution in [2.75, 3.05) is 44.3 Å². The van der Waals surface area contributed by atoms with E-state index in [4.69, 9.17) is 9.72 Å². The summed E-state index contributed by atoms with van der Waals surface area (Å²) >= 11 is 1.60. The topological polar surface area (TPSA) is 45.7 Å². The minimum atomic E-state index is 0.121. The number of carbonyl (C=O) groups excluding carboxylic acids is 1. The van der Waals surface area contributed by atoms with Gasteiger partial charge in [-0.2, -0.15) is 0 Å². The van der Waals surface area contributed by atoms with Gasteiger partial charge in [-0.15, -0.1) is 0 Å². The van der Waals surface area contributed by atoms with E-state index in [1.165, 1.54) is 16.7 Å². The molecule has 0 unspecified atom stereocenters. The van der Waals surface area contributed by atoms with Gasteiger partial charge in [-0.05, 0) is 56.0 Å². The van der Waals surface area contributed by atoms with Crippen LogP contribution in [0, 0.1) is 20.8 Å². The van der Waals surface area contributed by atoms with Crippen molar-refractivity contribution < 1.29 is 9.53 Å². The number of anilines is 1. The molecule has 1 amide bonds. The van der Waals surface area contributed by atoms with Crippen molar-refractivity contribution in [3.8, 4) is 0 Å². The van der Waals surface area contributed by atoms with Gasteiger partial charge in [0.25, 0.3) is 0 Å². The molecule has 1 aromatic heterocycles. The van der Waals surface area contributed by atoms with E-state index >= 15 is 0 Å². The van der Waals surface area contributed by atoms with Crippen LogP contribution in [0.1, 0.15) is 28.7 Å². The van der Waals surface area contributed by atoms with E-state index in [1.807, 2.05) is 23.1 Å². The average Bonchev–Trinajstić information content (AvgIpc) is 3.18. The largest absolute Gasteiger partial charge is 0.379 e. The second kappa shape index (κ2) is 9.90. The number of amides is 1. The van der Waals surface area contributed by atoms with Crippen molar-refractivity contribution in [3.63, 3.8) is 0 Å². The Morgan fingerprint density at radius 3 is 2.55 bits per heavy atom. The van der Waals surface area contributed by atoms with Gasteiger partial charge in [0.05, 0.1) is 29.9 Å². The fraction of sp³-hybridized carbons (Fsp3) is 0.440. The highest BCUT2D eigenvalue weighted by atomic mass is 32.1. The van der Waals surface area contributed by atoms with Gasteiger partial charge in [0.1, 0.15) is 0 Å². The van der Waals surface area contributed by atoms with Gasteiger partial charge in [-0.3, -0.25) is 14.6 Å². The number of benzene rings is 2. The SMILES string of the molecule is Cc1cc(C)c(CC(=O)N(CCCN2CCOCC2)c2nc3ccccc3s2)c(C)c1. The van der Waals surface area contributed by atoms with Crippen LogP contribution in [0.15, 0.2) is 36.4 Å². The maximum Gasteiger partial charge on any atom is 0.233 e. The maximum absolute atomic E-state index is 13.5. The first-order valence-electron chi connectivity index (χ1n) is 11.0. The first kappa shape index (κ1) is 21.9. The third kappa shape index (κ3) is 5.32. The molecule has 1 saturated heterocycles. The Kier molecular flexibility index (Phi) is 7.00. The number of rotatable bonds is 7. The lowest BCUT2D eigenvalue weighted by molar-refractivity contribution is -0.118. The van der Waals surface area contributed by atoms with E-state index < -0.39 is 0 Å². The first-order valence-corrected chi connectivity index (χ1v) is 11.9. The second-order valence-electron chi connectivity index (χ2n) is 8.37. The van der Waals surface area contributed by atoms with Crippen LogP contribution in [0.25, 0.3) is 10.2 Å². The van der Waals surface area contributed by atoms with Crippen LogP contribution >= 0.6 is 11.3 Å². The van der Waals surface area contributed by atoms with Crippen molar-refractivity contribution in [2.24, 2.45) is 0 Å². The van der Waals surface area contributed by atoms with Crippen molar-refractivity contribution >= 4 is 32.6 Å². The molecule has 2 aromatic carbocycles. The van der Waals surface area contributed by atoms with E-state index in [0.29, 0.717) is 13.0 Å². The first-order chi connectivity index (χ1) is 15.0. The minimum Gasteiger partial charge on any atom is -0.379 e. The molecule has 1 aliphatic heterocycles. The number of aryl methyl sites for hydroxylation is 3. The molecule has 1 fully saturated rings. The zero-order chi connectivity index (χ0) is 21.8. The smallest absolute Gasteiger partial charge is 0.233 e. The standard InChI is InChI=1S/C25H31N3O2S/c1-18-15-19(2)21(20(3)16-18)17-24(29)28(10-6-9-27-11-13-30-14-12-27)25-26-22-7-4-5-8-23(22)31-25/h4-5,7-8,15-16H,6,9-14,17H2,1-3H3. The quantitative estimate of drug-likeness (QED) is 0.545.